The van der Waals surface area contributed by atoms with Crippen LogP contribution in [0.1, 0.15) is 13.3 Å². The molecule has 0 radical (unpaired) electrons. The summed E-state index contributed by atoms with van der Waals surface area (Å²) in [5.41, 5.74) is -1.24. The molecule has 17 heavy (non-hydrogen) atoms. The van der Waals surface area contributed by atoms with Gasteiger partial charge in [0.1, 0.15) is 0 Å². The maximum atomic E-state index is 11.6. The van der Waals surface area contributed by atoms with Crippen molar-refractivity contribution in [1.82, 2.24) is 9.30 Å². The van der Waals surface area contributed by atoms with Gasteiger partial charge in [-0.2, -0.15) is 0 Å². The maximum absolute atomic E-state index is 11.6. The van der Waals surface area contributed by atoms with Crippen LogP contribution >= 0.6 is 7.60 Å². The van der Waals surface area contributed by atoms with Gasteiger partial charge in [-0.3, -0.25) is 13.9 Å². The van der Waals surface area contributed by atoms with Gasteiger partial charge in [0.25, 0.3) is 5.56 Å². The van der Waals surface area contributed by atoms with E-state index in [1.165, 1.54) is 0 Å². The van der Waals surface area contributed by atoms with Crippen LogP contribution in [0.5, 0.6) is 0 Å². The van der Waals surface area contributed by atoms with E-state index in [9.17, 15) is 14.2 Å². The van der Waals surface area contributed by atoms with E-state index in [0.29, 0.717) is 11.2 Å². The van der Waals surface area contributed by atoms with Crippen LogP contribution in [0.3, 0.4) is 0 Å². The van der Waals surface area contributed by atoms with Crippen LogP contribution in [0.2, 0.25) is 0 Å². The minimum absolute atomic E-state index is 0.220. The molecule has 1 aromatic rings. The van der Waals surface area contributed by atoms with Crippen molar-refractivity contribution in [3.63, 3.8) is 0 Å². The van der Waals surface area contributed by atoms with Crippen LogP contribution in [0.4, 0.5) is 0 Å². The number of aromatic nitrogens is 2. The highest BCUT2D eigenvalue weighted by Crippen LogP contribution is 2.32. The highest BCUT2D eigenvalue weighted by Gasteiger charge is 2.15. The lowest BCUT2D eigenvalue weighted by molar-refractivity contribution is 0.115. The average molecular weight is 264 g/mol. The van der Waals surface area contributed by atoms with E-state index < -0.39 is 25.2 Å². The summed E-state index contributed by atoms with van der Waals surface area (Å²) in [5.74, 6) is 0. The third kappa shape index (κ3) is 3.85. The van der Waals surface area contributed by atoms with Crippen molar-refractivity contribution in [2.45, 2.75) is 19.9 Å². The van der Waals surface area contributed by atoms with Gasteiger partial charge in [0.2, 0.25) is 6.35 Å². The molecule has 8 nitrogen and oxygen atoms in total. The number of rotatable bonds is 5. The second kappa shape index (κ2) is 5.31. The first kappa shape index (κ1) is 13.7. The fourth-order valence-corrected chi connectivity index (χ4v) is 1.44. The third-order valence-corrected chi connectivity index (χ3v) is 2.30. The minimum Gasteiger partial charge on any atom is -0.397 e. The Balaban J connectivity index is 3.03. The van der Waals surface area contributed by atoms with E-state index in [1.807, 2.05) is 0 Å². The molecule has 0 spiro atoms. The smallest absolute Gasteiger partial charge is 0.365 e. The third-order valence-electron chi connectivity index (χ3n) is 1.85. The van der Waals surface area contributed by atoms with E-state index in [0.717, 1.165) is 16.8 Å². The van der Waals surface area contributed by atoms with Crippen molar-refractivity contribution in [2.75, 3.05) is 6.35 Å². The van der Waals surface area contributed by atoms with Gasteiger partial charge in [0.05, 0.1) is 6.20 Å². The summed E-state index contributed by atoms with van der Waals surface area (Å²) in [7, 11) is -4.36. The van der Waals surface area contributed by atoms with Gasteiger partial charge in [0.15, 0.2) is 0 Å². The second-order valence-electron chi connectivity index (χ2n) is 3.34. The molecule has 0 atom stereocenters. The quantitative estimate of drug-likeness (QED) is 0.659. The van der Waals surface area contributed by atoms with E-state index in [-0.39, 0.29) is 6.54 Å². The summed E-state index contributed by atoms with van der Waals surface area (Å²) in [6, 6.07) is 1.09. The molecule has 9 heteroatoms. The Morgan fingerprint density at radius 3 is 2.59 bits per heavy atom. The largest absolute Gasteiger partial charge is 0.397 e. The molecule has 0 fully saturated rings. The first-order chi connectivity index (χ1) is 7.85. The predicted molar refractivity (Wildman–Crippen MR) is 58.7 cm³/mol. The van der Waals surface area contributed by atoms with Crippen LogP contribution < -0.4 is 16.1 Å². The van der Waals surface area contributed by atoms with Gasteiger partial charge < -0.3 is 14.6 Å². The molecule has 0 aromatic carbocycles. The van der Waals surface area contributed by atoms with Crippen molar-refractivity contribution in [2.24, 2.45) is 0 Å². The Morgan fingerprint density at radius 1 is 1.41 bits per heavy atom. The zero-order valence-electron chi connectivity index (χ0n) is 9.15. The Labute approximate surface area is 96.2 Å². The molecule has 0 saturated carbocycles. The van der Waals surface area contributed by atoms with Crippen LogP contribution in [0.25, 0.3) is 0 Å². The van der Waals surface area contributed by atoms with E-state index in [4.69, 9.17) is 9.79 Å². The number of hydrogen-bond donors (Lipinski definition) is 2. The van der Waals surface area contributed by atoms with Crippen molar-refractivity contribution in [3.05, 3.63) is 33.1 Å². The molecule has 0 saturated heterocycles. The molecule has 1 rings (SSSR count). The Hall–Kier alpha value is -1.37. The fraction of sp³-hybridized carbons (Fsp3) is 0.500. The summed E-state index contributed by atoms with van der Waals surface area (Å²) >= 11 is 0. The van der Waals surface area contributed by atoms with Crippen LogP contribution in [0.15, 0.2) is 21.9 Å². The summed E-state index contributed by atoms with van der Waals surface area (Å²) < 4.78 is 12.1. The molecule has 96 valence electrons. The van der Waals surface area contributed by atoms with Gasteiger partial charge in [-0.1, -0.05) is 6.92 Å². The van der Waals surface area contributed by atoms with Crippen molar-refractivity contribution in [3.8, 4) is 0 Å². The Bertz CT molecular complexity index is 542. The van der Waals surface area contributed by atoms with Crippen LogP contribution in [-0.2, 0) is 11.1 Å². The molecule has 0 amide bonds. The van der Waals surface area contributed by atoms with Gasteiger partial charge in [0, 0.05) is 12.6 Å². The van der Waals surface area contributed by atoms with Gasteiger partial charge >= 0.3 is 13.3 Å². The van der Waals surface area contributed by atoms with E-state index in [1.54, 1.807) is 6.92 Å². The summed E-state index contributed by atoms with van der Waals surface area (Å²) in [6.07, 6.45) is 0.696. The molecular weight excluding hydrogens is 251 g/mol. The highest BCUT2D eigenvalue weighted by atomic mass is 31.2. The maximum Gasteiger partial charge on any atom is 0.365 e. The molecule has 2 N–H and O–H groups in total. The van der Waals surface area contributed by atoms with E-state index >= 15 is 0 Å². The molecule has 0 bridgehead atoms. The predicted octanol–water partition coefficient (Wildman–Crippen LogP) is -1.02. The summed E-state index contributed by atoms with van der Waals surface area (Å²) in [4.78, 5) is 44.8. The molecule has 1 aromatic heterocycles. The van der Waals surface area contributed by atoms with Crippen molar-refractivity contribution in [1.29, 1.82) is 0 Å². The van der Waals surface area contributed by atoms with Crippen LogP contribution in [-0.4, -0.2) is 25.4 Å². The van der Waals surface area contributed by atoms with Gasteiger partial charge in [-0.15, -0.1) is 4.73 Å². The normalized spacial score (nSPS) is 11.5. The standard InChI is InChI=1S/C8H13N2O6P/c1-2-4-9-7(11)3-5-10(8(9)12)16-6-17(13,14)15/h3,5H,2,4,6H2,1H3,(H2,13,14,15). The molecule has 0 aliphatic carbocycles. The first-order valence-corrected chi connectivity index (χ1v) is 6.65. The average Bonchev–Trinajstić information content (AvgIpc) is 2.22. The van der Waals surface area contributed by atoms with Crippen molar-refractivity contribution >= 4 is 7.60 Å². The Morgan fingerprint density at radius 2 is 2.06 bits per heavy atom. The fourth-order valence-electron chi connectivity index (χ4n) is 1.16. The lowest BCUT2D eigenvalue weighted by Crippen LogP contribution is -2.41. The zero-order valence-corrected chi connectivity index (χ0v) is 10.0. The molecular formula is C8H13N2O6P. The summed E-state index contributed by atoms with van der Waals surface area (Å²) in [5, 5.41) is 0. The first-order valence-electron chi connectivity index (χ1n) is 4.85. The van der Waals surface area contributed by atoms with Gasteiger partial charge in [-0.25, -0.2) is 4.79 Å². The van der Waals surface area contributed by atoms with Gasteiger partial charge in [-0.05, 0) is 6.42 Å². The molecule has 0 aliphatic heterocycles. The van der Waals surface area contributed by atoms with Crippen molar-refractivity contribution < 1.29 is 19.2 Å². The SMILES string of the molecule is CCCn1c(=O)ccn(OCP(=O)(O)O)c1=O. The number of nitrogens with zero attached hydrogens (tertiary/aromatic N) is 2. The molecule has 1 heterocycles. The minimum atomic E-state index is -4.36. The Kier molecular flexibility index (Phi) is 4.28. The van der Waals surface area contributed by atoms with E-state index in [2.05, 4.69) is 4.84 Å². The zero-order chi connectivity index (χ0) is 13.1. The second-order valence-corrected chi connectivity index (χ2v) is 4.92. The number of hydrogen-bond acceptors (Lipinski definition) is 4. The molecule has 0 unspecified atom stereocenters. The summed E-state index contributed by atoms with van der Waals surface area (Å²) in [6.45, 7) is 2.01. The van der Waals surface area contributed by atoms with Crippen LogP contribution in [0, 0.1) is 0 Å². The monoisotopic (exact) mass is 264 g/mol. The lowest BCUT2D eigenvalue weighted by Gasteiger charge is -2.10. The highest BCUT2D eigenvalue weighted by molar-refractivity contribution is 7.51. The molecule has 0 aliphatic rings. The lowest BCUT2D eigenvalue weighted by atomic mass is 10.5. The topological polar surface area (TPSA) is 111 Å².